The van der Waals surface area contributed by atoms with Crippen molar-refractivity contribution in [2.45, 2.75) is 114 Å². The smallest absolute Gasteiger partial charge is 0.137 e. The van der Waals surface area contributed by atoms with Crippen LogP contribution in [0.3, 0.4) is 0 Å². The van der Waals surface area contributed by atoms with Crippen LogP contribution in [0.1, 0.15) is 79.1 Å². The first-order chi connectivity index (χ1) is 16.7. The van der Waals surface area contributed by atoms with Crippen molar-refractivity contribution in [1.29, 1.82) is 0 Å². The minimum absolute atomic E-state index is 0.184. The van der Waals surface area contributed by atoms with Crippen molar-refractivity contribution in [3.8, 4) is 0 Å². The van der Waals surface area contributed by atoms with Gasteiger partial charge in [0.15, 0.2) is 0 Å². The summed E-state index contributed by atoms with van der Waals surface area (Å²) in [5.74, 6) is 0. The van der Waals surface area contributed by atoms with Crippen LogP contribution in [0.25, 0.3) is 0 Å². The molecule has 5 atom stereocenters. The highest BCUT2D eigenvalue weighted by Gasteiger charge is 2.48. The van der Waals surface area contributed by atoms with Crippen LogP contribution in [-0.4, -0.2) is 62.9 Å². The van der Waals surface area contributed by atoms with Gasteiger partial charge in [-0.3, -0.25) is 0 Å². The highest BCUT2D eigenvalue weighted by atomic mass is 32.2. The third-order valence-corrected chi connectivity index (χ3v) is 7.09. The Balaban J connectivity index is 2.27. The third-order valence-electron chi connectivity index (χ3n) is 5.94. The maximum absolute atomic E-state index is 6.70. The molecular formula is C28H48O5S. The molecule has 2 unspecified atom stereocenters. The highest BCUT2D eigenvalue weighted by molar-refractivity contribution is 7.99. The van der Waals surface area contributed by atoms with E-state index in [4.69, 9.17) is 23.7 Å². The van der Waals surface area contributed by atoms with Gasteiger partial charge in [0, 0.05) is 31.3 Å². The predicted octanol–water partition coefficient (Wildman–Crippen LogP) is 6.88. The number of thioether (sulfide) groups is 1. The predicted molar refractivity (Wildman–Crippen MR) is 141 cm³/mol. The van der Waals surface area contributed by atoms with E-state index < -0.39 is 0 Å². The molecule has 0 N–H and O–H groups in total. The summed E-state index contributed by atoms with van der Waals surface area (Å²) in [5, 5.41) is 0. The van der Waals surface area contributed by atoms with Crippen LogP contribution in [0.4, 0.5) is 0 Å². The average molecular weight is 497 g/mol. The maximum Gasteiger partial charge on any atom is 0.137 e. The van der Waals surface area contributed by atoms with E-state index in [2.05, 4.69) is 52.0 Å². The van der Waals surface area contributed by atoms with E-state index in [0.717, 1.165) is 58.0 Å². The minimum Gasteiger partial charge on any atom is -0.379 e. The van der Waals surface area contributed by atoms with Crippen LogP contribution in [0.2, 0.25) is 0 Å². The van der Waals surface area contributed by atoms with Crippen LogP contribution in [-0.2, 0) is 23.7 Å². The molecule has 1 heterocycles. The topological polar surface area (TPSA) is 46.2 Å². The Morgan fingerprint density at radius 1 is 0.676 bits per heavy atom. The summed E-state index contributed by atoms with van der Waals surface area (Å²) in [5.41, 5.74) is -0.184. The molecule has 5 nitrogen and oxygen atoms in total. The lowest BCUT2D eigenvalue weighted by Crippen LogP contribution is -2.60. The number of hydrogen-bond acceptors (Lipinski definition) is 6. The molecule has 6 heteroatoms. The van der Waals surface area contributed by atoms with E-state index in [0.29, 0.717) is 26.4 Å². The van der Waals surface area contributed by atoms with Crippen LogP contribution in [0, 0.1) is 0 Å². The number of ether oxygens (including phenoxy) is 5. The average Bonchev–Trinajstić information content (AvgIpc) is 2.85. The molecular weight excluding hydrogens is 448 g/mol. The number of benzene rings is 1. The lowest BCUT2D eigenvalue weighted by atomic mass is 9.99. The molecule has 1 aliphatic rings. The normalized spacial score (nSPS) is 25.0. The zero-order chi connectivity index (χ0) is 24.4. The van der Waals surface area contributed by atoms with Gasteiger partial charge >= 0.3 is 0 Å². The molecule has 1 saturated heterocycles. The van der Waals surface area contributed by atoms with Crippen molar-refractivity contribution in [2.24, 2.45) is 0 Å². The summed E-state index contributed by atoms with van der Waals surface area (Å²) in [6, 6.07) is 10.4. The van der Waals surface area contributed by atoms with Crippen molar-refractivity contribution in [1.82, 2.24) is 0 Å². The Hall–Kier alpha value is -0.630. The second-order valence-electron chi connectivity index (χ2n) is 8.97. The van der Waals surface area contributed by atoms with Crippen molar-refractivity contribution in [2.75, 3.05) is 33.0 Å². The summed E-state index contributed by atoms with van der Waals surface area (Å²) in [6.45, 7) is 12.1. The van der Waals surface area contributed by atoms with Gasteiger partial charge in [-0.1, -0.05) is 83.3 Å². The first kappa shape index (κ1) is 29.6. The Labute approximate surface area is 212 Å². The summed E-state index contributed by atoms with van der Waals surface area (Å²) in [6.07, 6.45) is 7.73. The molecule has 0 bridgehead atoms. The van der Waals surface area contributed by atoms with E-state index in [9.17, 15) is 0 Å². The van der Waals surface area contributed by atoms with Gasteiger partial charge in [0.25, 0.3) is 0 Å². The van der Waals surface area contributed by atoms with Gasteiger partial charge in [0.2, 0.25) is 0 Å². The van der Waals surface area contributed by atoms with E-state index in [1.807, 2.05) is 6.07 Å². The fraction of sp³-hybridized carbons (Fsp3) is 0.786. The molecule has 0 aliphatic carbocycles. The summed E-state index contributed by atoms with van der Waals surface area (Å²) >= 11 is 1.71. The van der Waals surface area contributed by atoms with Gasteiger partial charge in [0.1, 0.15) is 29.9 Å². The largest absolute Gasteiger partial charge is 0.379 e. The quantitative estimate of drug-likeness (QED) is 0.195. The van der Waals surface area contributed by atoms with Gasteiger partial charge in [0.05, 0.1) is 6.61 Å². The van der Waals surface area contributed by atoms with E-state index in [1.54, 1.807) is 11.8 Å². The van der Waals surface area contributed by atoms with Gasteiger partial charge in [-0.05, 0) is 37.8 Å². The van der Waals surface area contributed by atoms with Crippen molar-refractivity contribution in [3.05, 3.63) is 30.3 Å². The molecule has 1 aromatic carbocycles. The molecule has 0 saturated carbocycles. The summed E-state index contributed by atoms with van der Waals surface area (Å²) in [4.78, 5) is 1.17. The highest BCUT2D eigenvalue weighted by Crippen LogP contribution is 2.37. The molecule has 0 spiro atoms. The number of unbranched alkanes of at least 4 members (excludes halogenated alkanes) is 4. The second kappa shape index (κ2) is 18.6. The van der Waals surface area contributed by atoms with Crippen molar-refractivity contribution >= 4 is 11.8 Å². The second-order valence-corrected chi connectivity index (χ2v) is 10.1. The van der Waals surface area contributed by atoms with Crippen molar-refractivity contribution in [3.63, 3.8) is 0 Å². The monoisotopic (exact) mass is 496 g/mol. The Kier molecular flexibility index (Phi) is 16.2. The molecule has 2 rings (SSSR count). The Bertz CT molecular complexity index is 602. The fourth-order valence-corrected chi connectivity index (χ4v) is 4.99. The molecule has 1 aromatic rings. The molecule has 34 heavy (non-hydrogen) atoms. The van der Waals surface area contributed by atoms with E-state index in [1.165, 1.54) is 4.90 Å². The van der Waals surface area contributed by atoms with Crippen LogP contribution in [0.5, 0.6) is 0 Å². The van der Waals surface area contributed by atoms with Gasteiger partial charge < -0.3 is 23.7 Å². The Morgan fingerprint density at radius 3 is 1.79 bits per heavy atom. The molecule has 0 aromatic heterocycles. The zero-order valence-corrected chi connectivity index (χ0v) is 22.7. The molecule has 0 amide bonds. The molecule has 1 aliphatic heterocycles. The minimum atomic E-state index is -0.204. The first-order valence-electron chi connectivity index (χ1n) is 13.5. The van der Waals surface area contributed by atoms with Crippen molar-refractivity contribution < 1.29 is 23.7 Å². The van der Waals surface area contributed by atoms with E-state index >= 15 is 0 Å². The molecule has 196 valence electrons. The fourth-order valence-electron chi connectivity index (χ4n) is 3.85. The SMILES string of the molecule is CCCCOCC1O[C@@H](Sc2ccccc2)C(OCCCC)[C@@H](OCCCC)[C@@H]1OCCCC. The Morgan fingerprint density at radius 2 is 1.21 bits per heavy atom. The first-order valence-corrected chi connectivity index (χ1v) is 14.4. The number of rotatable bonds is 19. The van der Waals surface area contributed by atoms with Crippen LogP contribution >= 0.6 is 11.8 Å². The van der Waals surface area contributed by atoms with Gasteiger partial charge in [-0.25, -0.2) is 0 Å². The van der Waals surface area contributed by atoms with Crippen LogP contribution < -0.4 is 0 Å². The number of hydrogen-bond donors (Lipinski definition) is 0. The standard InChI is InChI=1S/C28H48O5S/c1-5-9-18-29-22-24-25(30-19-10-6-2)26(31-20-11-7-3)27(32-21-12-8-4)28(33-24)34-23-16-14-13-15-17-23/h13-17,24-28H,5-12,18-22H2,1-4H3/t24?,25-,26+,27?,28+/m1/s1. The van der Waals surface area contributed by atoms with Crippen LogP contribution in [0.15, 0.2) is 35.2 Å². The lowest BCUT2D eigenvalue weighted by Gasteiger charge is -2.46. The summed E-state index contributed by atoms with van der Waals surface area (Å²) < 4.78 is 32.2. The lowest BCUT2D eigenvalue weighted by molar-refractivity contribution is -0.247. The molecule has 1 fully saturated rings. The van der Waals surface area contributed by atoms with E-state index in [-0.39, 0.29) is 29.9 Å². The zero-order valence-electron chi connectivity index (χ0n) is 21.9. The summed E-state index contributed by atoms with van der Waals surface area (Å²) in [7, 11) is 0. The molecule has 0 radical (unpaired) electrons. The third kappa shape index (κ3) is 10.5. The van der Waals surface area contributed by atoms with Gasteiger partial charge in [-0.2, -0.15) is 0 Å². The van der Waals surface area contributed by atoms with Gasteiger partial charge in [-0.15, -0.1) is 0 Å². The maximum atomic E-state index is 6.70.